The lowest BCUT2D eigenvalue weighted by atomic mass is 9.33. The second kappa shape index (κ2) is 26.2. The highest BCUT2D eigenvalue weighted by molar-refractivity contribution is 7.00. The van der Waals surface area contributed by atoms with Crippen molar-refractivity contribution in [2.45, 2.75) is 26.2 Å². The number of hydrogen-bond acceptors (Lipinski definition) is 3. The number of anilines is 9. The van der Waals surface area contributed by atoms with Crippen LogP contribution in [0, 0.1) is 0 Å². The minimum absolute atomic E-state index is 0.0926. The molecule has 0 N–H and O–H groups in total. The fourth-order valence-corrected chi connectivity index (χ4v) is 17.5. The number of benzene rings is 17. The minimum Gasteiger partial charge on any atom is -0.311 e. The van der Waals surface area contributed by atoms with Crippen LogP contribution in [-0.4, -0.2) is 20.4 Å². The van der Waals surface area contributed by atoms with Gasteiger partial charge in [0.2, 0.25) is 0 Å². The summed E-state index contributed by atoms with van der Waals surface area (Å²) in [6.45, 7) is 5.67. The summed E-state index contributed by atoms with van der Waals surface area (Å²) in [5.41, 5.74) is 18.4. The Hall–Kier alpha value is -14.4. The van der Waals surface area contributed by atoms with Gasteiger partial charge in [0.1, 0.15) is 0 Å². The highest BCUT2D eigenvalue weighted by atomic mass is 15.2. The molecular weight excluding hydrogens is 1370 g/mol. The predicted molar refractivity (Wildman–Crippen MR) is 479 cm³/mol. The zero-order valence-electron chi connectivity index (χ0n) is 77.6. The number of para-hydroxylation sites is 7. The fraction of sp³-hybridized carbons (Fsp3) is 0.0377. The molecule has 0 unspecified atom stereocenters. The zero-order chi connectivity index (χ0) is 88.9. The highest BCUT2D eigenvalue weighted by Gasteiger charge is 2.46. The topological polar surface area (TPSA) is 24.5 Å². The van der Waals surface area contributed by atoms with Gasteiger partial charge in [0.05, 0.1) is 66.4 Å². The summed E-state index contributed by atoms with van der Waals surface area (Å²) in [6.07, 6.45) is 0. The average Bonchev–Trinajstić information content (AvgIpc) is 1.55. The van der Waals surface area contributed by atoms with E-state index in [1.165, 1.54) is 4.57 Å². The number of fused-ring (bicyclic) bond motifs is 13. The molecule has 0 atom stereocenters. The van der Waals surface area contributed by atoms with Crippen molar-refractivity contribution >= 4 is 140 Å². The summed E-state index contributed by atoms with van der Waals surface area (Å²) in [7, 11) is 0. The Labute approximate surface area is 680 Å². The van der Waals surface area contributed by atoms with Crippen LogP contribution in [-0.2, 0) is 5.41 Å². The number of aromatic nitrogens is 3. The molecule has 532 valence electrons. The van der Waals surface area contributed by atoms with E-state index in [-0.39, 0.29) is 55.0 Å². The maximum Gasteiger partial charge on any atom is 0.252 e. The molecule has 0 saturated carbocycles. The van der Waals surface area contributed by atoms with Crippen LogP contribution in [0.1, 0.15) is 48.3 Å². The molecule has 2 aliphatic rings. The van der Waals surface area contributed by atoms with E-state index in [9.17, 15) is 21.9 Å². The van der Waals surface area contributed by atoms with E-state index >= 15 is 0 Å². The summed E-state index contributed by atoms with van der Waals surface area (Å²) in [5, 5.41) is 1.50. The molecule has 0 radical (unpaired) electrons. The van der Waals surface area contributed by atoms with Gasteiger partial charge in [-0.15, -0.1) is 0 Å². The van der Waals surface area contributed by atoms with Gasteiger partial charge in [-0.2, -0.15) is 0 Å². The van der Waals surface area contributed by atoms with E-state index in [4.69, 9.17) is 0 Å². The van der Waals surface area contributed by atoms with E-state index in [1.54, 1.807) is 4.57 Å². The second-order valence-corrected chi connectivity index (χ2v) is 30.0. The largest absolute Gasteiger partial charge is 0.311 e. The summed E-state index contributed by atoms with van der Waals surface area (Å²) >= 11 is 0. The Balaban J connectivity index is 0.946. The summed E-state index contributed by atoms with van der Waals surface area (Å²) in [4.78, 5) is 6.72. The van der Waals surface area contributed by atoms with E-state index in [2.05, 4.69) is 198 Å². The van der Waals surface area contributed by atoms with Crippen LogP contribution in [0.5, 0.6) is 0 Å². The standard InChI is InChI=1S/C106H75BN6/c1-106(2,3)76-63-89(72-36-14-6-15-37-72)105(90(64-76)73-38-16-7-17-39-73)113-101-67-81(109-94-49-27-22-44-84(94)85-45-23-28-50-95(85)109)55-58-93(101)107-92-57-54-80(110-98-53-31-26-48-88(98)91-65-79(56-59-99(91)110)108(77-40-18-8-19-41-77)78-42-20-9-21-43-78)66-100(92)112(82-61-74(70-32-10-4-11-33-70)60-75(62-82)71-34-12-5-13-35-71)102-68-83(69-103(113)104(102)107)111-96-51-29-24-46-86(96)87-47-25-30-52-97(87)111/h4-69H,1-3H3/i22D,23D,24D,25D,27D,28D,29D,30D,44D,45D,46D,47D,49D,50D,51D,52D. The van der Waals surface area contributed by atoms with E-state index < -0.39 is 109 Å². The molecule has 2 aliphatic heterocycles. The molecule has 20 aromatic rings. The molecule has 0 spiro atoms. The van der Waals surface area contributed by atoms with Crippen LogP contribution in [0.4, 0.5) is 51.2 Å². The third-order valence-corrected chi connectivity index (χ3v) is 22.6. The quantitative estimate of drug-likeness (QED) is 0.114. The van der Waals surface area contributed by atoms with Gasteiger partial charge in [-0.05, 0) is 200 Å². The number of nitrogens with zero attached hydrogens (tertiary/aromatic N) is 6. The van der Waals surface area contributed by atoms with Gasteiger partial charge >= 0.3 is 0 Å². The molecule has 113 heavy (non-hydrogen) atoms. The average molecular weight is 1460 g/mol. The van der Waals surface area contributed by atoms with Crippen LogP contribution in [0.2, 0.25) is 0 Å². The van der Waals surface area contributed by atoms with Crippen LogP contribution in [0.3, 0.4) is 0 Å². The maximum absolute atomic E-state index is 10.3. The van der Waals surface area contributed by atoms with E-state index in [0.29, 0.717) is 39.6 Å². The van der Waals surface area contributed by atoms with Crippen molar-refractivity contribution in [3.8, 4) is 61.6 Å². The van der Waals surface area contributed by atoms with E-state index in [1.807, 2.05) is 146 Å². The molecule has 0 bridgehead atoms. The Kier molecular flexibility index (Phi) is 11.8. The van der Waals surface area contributed by atoms with Gasteiger partial charge in [-0.1, -0.05) is 281 Å². The van der Waals surface area contributed by atoms with Crippen LogP contribution >= 0.6 is 0 Å². The van der Waals surface area contributed by atoms with Crippen molar-refractivity contribution in [3.63, 3.8) is 0 Å². The molecule has 0 amide bonds. The SMILES string of the molecule is [2H]c1c([2H])c([2H])c2c(c1[2H])c1c([2H])c([2H])c([2H])c([2H])c1n2-c1ccc2c(c1)N(c1c(-c3ccccc3)cc(C(C)(C)C)cc1-c1ccccc1)c1cc(-n3c4c([2H])c([2H])c([2H])c([2H])c4c4c([2H])c([2H])c([2H])c([2H])c43)cc3c1B2c1ccc(-n2c4ccccc4c4cc(N(c5ccccc5)c5ccccc5)ccc42)cc1N3c1cc(-c2ccccc2)cc(-c2ccccc2)c1. The van der Waals surface area contributed by atoms with E-state index in [0.717, 1.165) is 106 Å². The van der Waals surface area contributed by atoms with Gasteiger partial charge in [-0.3, -0.25) is 0 Å². The van der Waals surface area contributed by atoms with Gasteiger partial charge in [0.25, 0.3) is 6.71 Å². The lowest BCUT2D eigenvalue weighted by molar-refractivity contribution is 0.591. The Bertz CT molecular complexity index is 7880. The first kappa shape index (κ1) is 51.1. The molecule has 17 aromatic carbocycles. The minimum atomic E-state index is -0.826. The zero-order valence-corrected chi connectivity index (χ0v) is 61.6. The first-order valence-corrected chi connectivity index (χ1v) is 37.9. The first-order valence-electron chi connectivity index (χ1n) is 45.9. The third-order valence-electron chi connectivity index (χ3n) is 22.6. The molecule has 0 saturated heterocycles. The molecule has 0 fully saturated rings. The van der Waals surface area contributed by atoms with Crippen molar-refractivity contribution in [1.82, 2.24) is 13.7 Å². The predicted octanol–water partition coefficient (Wildman–Crippen LogP) is 26.5. The summed E-state index contributed by atoms with van der Waals surface area (Å²) in [5.74, 6) is 0. The molecule has 3 aromatic heterocycles. The lowest BCUT2D eigenvalue weighted by Gasteiger charge is -2.45. The van der Waals surface area contributed by atoms with Gasteiger partial charge < -0.3 is 28.4 Å². The van der Waals surface area contributed by atoms with Gasteiger partial charge in [0.15, 0.2) is 0 Å². The fourth-order valence-electron chi connectivity index (χ4n) is 17.5. The highest BCUT2D eigenvalue weighted by Crippen LogP contribution is 2.54. The van der Waals surface area contributed by atoms with Crippen molar-refractivity contribution < 1.29 is 21.9 Å². The Morgan fingerprint density at radius 3 is 1.14 bits per heavy atom. The molecule has 5 heterocycles. The van der Waals surface area contributed by atoms with Crippen molar-refractivity contribution in [3.05, 3.63) is 406 Å². The van der Waals surface area contributed by atoms with Crippen molar-refractivity contribution in [2.24, 2.45) is 0 Å². The third kappa shape index (κ3) is 10.6. The summed E-state index contributed by atoms with van der Waals surface area (Å²) in [6, 6.07) is 94.6. The van der Waals surface area contributed by atoms with Crippen molar-refractivity contribution in [1.29, 1.82) is 0 Å². The molecule has 0 aliphatic carbocycles. The smallest absolute Gasteiger partial charge is 0.252 e. The molecular formula is C106H75BN6. The van der Waals surface area contributed by atoms with Crippen LogP contribution < -0.4 is 31.1 Å². The Morgan fingerprint density at radius 2 is 0.664 bits per heavy atom. The molecule has 6 nitrogen and oxygen atoms in total. The monoisotopic (exact) mass is 1460 g/mol. The van der Waals surface area contributed by atoms with Gasteiger partial charge in [-0.25, -0.2) is 0 Å². The first-order chi connectivity index (χ1) is 62.4. The Morgan fingerprint density at radius 1 is 0.274 bits per heavy atom. The summed E-state index contributed by atoms with van der Waals surface area (Å²) < 4.78 is 160. The number of hydrogen-bond donors (Lipinski definition) is 0. The second-order valence-electron chi connectivity index (χ2n) is 30.0. The van der Waals surface area contributed by atoms with Crippen LogP contribution in [0.15, 0.2) is 400 Å². The molecule has 7 heteroatoms. The van der Waals surface area contributed by atoms with Crippen molar-refractivity contribution in [2.75, 3.05) is 14.7 Å². The number of rotatable bonds is 12. The normalized spacial score (nSPS) is 14.5. The lowest BCUT2D eigenvalue weighted by Crippen LogP contribution is -2.61. The van der Waals surface area contributed by atoms with Gasteiger partial charge in [0, 0.05) is 100 Å². The molecule has 22 rings (SSSR count). The van der Waals surface area contributed by atoms with Crippen LogP contribution in [0.25, 0.3) is 127 Å². The maximum atomic E-state index is 10.3.